The number of carbonyl (C=O) groups excluding carboxylic acids is 3. The zero-order chi connectivity index (χ0) is 19.5. The fourth-order valence-electron chi connectivity index (χ4n) is 7.54. The van der Waals surface area contributed by atoms with Gasteiger partial charge >= 0.3 is 0 Å². The highest BCUT2D eigenvalue weighted by Gasteiger charge is 2.57. The van der Waals surface area contributed by atoms with Gasteiger partial charge in [-0.1, -0.05) is 0 Å². The third-order valence-electron chi connectivity index (χ3n) is 8.50. The summed E-state index contributed by atoms with van der Waals surface area (Å²) in [6.45, 7) is 1.90. The van der Waals surface area contributed by atoms with E-state index in [0.717, 1.165) is 56.4 Å². The Hall–Kier alpha value is -1.59. The zero-order valence-electron chi connectivity index (χ0n) is 16.8. The van der Waals surface area contributed by atoms with Gasteiger partial charge in [-0.3, -0.25) is 14.4 Å². The summed E-state index contributed by atoms with van der Waals surface area (Å²) >= 11 is 0. The molecule has 2 aliphatic heterocycles. The molecule has 6 nitrogen and oxygen atoms in total. The van der Waals surface area contributed by atoms with E-state index in [1.165, 1.54) is 19.3 Å². The van der Waals surface area contributed by atoms with Crippen LogP contribution < -0.4 is 5.73 Å². The molecule has 4 bridgehead atoms. The molecule has 0 aromatic rings. The molecule has 0 aromatic heterocycles. The molecule has 2 heterocycles. The van der Waals surface area contributed by atoms with E-state index in [9.17, 15) is 14.4 Å². The number of piperidine rings is 1. The van der Waals surface area contributed by atoms with Crippen molar-refractivity contribution in [2.45, 2.75) is 70.3 Å². The Morgan fingerprint density at radius 2 is 1.39 bits per heavy atom. The third kappa shape index (κ3) is 2.94. The summed E-state index contributed by atoms with van der Waals surface area (Å²) in [6, 6.07) is -0.286. The number of hydrogen-bond donors (Lipinski definition) is 1. The highest BCUT2D eigenvalue weighted by molar-refractivity contribution is 5.91. The molecule has 1 atom stereocenters. The van der Waals surface area contributed by atoms with E-state index < -0.39 is 0 Å². The number of carbonyl (C=O) groups is 3. The molecule has 0 spiro atoms. The first-order chi connectivity index (χ1) is 13.4. The molecule has 3 amide bonds. The van der Waals surface area contributed by atoms with E-state index in [-0.39, 0.29) is 35.1 Å². The number of rotatable bonds is 3. The second-order valence-corrected chi connectivity index (χ2v) is 10.4. The van der Waals surface area contributed by atoms with E-state index in [1.807, 2.05) is 9.80 Å². The van der Waals surface area contributed by atoms with Crippen LogP contribution in [-0.4, -0.2) is 53.2 Å². The Morgan fingerprint density at radius 3 is 1.93 bits per heavy atom. The van der Waals surface area contributed by atoms with Crippen LogP contribution in [-0.2, 0) is 14.4 Å². The quantitative estimate of drug-likeness (QED) is 0.803. The van der Waals surface area contributed by atoms with Crippen LogP contribution in [0.4, 0.5) is 0 Å². The van der Waals surface area contributed by atoms with E-state index >= 15 is 0 Å². The Morgan fingerprint density at radius 1 is 0.821 bits per heavy atom. The summed E-state index contributed by atoms with van der Waals surface area (Å²) in [5.41, 5.74) is 5.25. The van der Waals surface area contributed by atoms with Gasteiger partial charge in [0.15, 0.2) is 0 Å². The first-order valence-corrected chi connectivity index (χ1v) is 11.3. The first-order valence-electron chi connectivity index (χ1n) is 11.3. The lowest BCUT2D eigenvalue weighted by Gasteiger charge is -2.56. The molecule has 0 radical (unpaired) electrons. The summed E-state index contributed by atoms with van der Waals surface area (Å²) in [5, 5.41) is 0. The molecular formula is C22H33N3O3. The van der Waals surface area contributed by atoms with Gasteiger partial charge in [0.2, 0.25) is 17.7 Å². The van der Waals surface area contributed by atoms with E-state index in [4.69, 9.17) is 5.73 Å². The maximum absolute atomic E-state index is 13.7. The summed E-state index contributed by atoms with van der Waals surface area (Å²) in [7, 11) is 0. The van der Waals surface area contributed by atoms with E-state index in [1.54, 1.807) is 0 Å². The predicted molar refractivity (Wildman–Crippen MR) is 104 cm³/mol. The van der Waals surface area contributed by atoms with Crippen molar-refractivity contribution in [3.05, 3.63) is 0 Å². The zero-order valence-corrected chi connectivity index (χ0v) is 16.8. The van der Waals surface area contributed by atoms with Crippen molar-refractivity contribution >= 4 is 17.7 Å². The predicted octanol–water partition coefficient (Wildman–Crippen LogP) is 1.92. The van der Waals surface area contributed by atoms with Crippen molar-refractivity contribution in [1.82, 2.24) is 9.80 Å². The maximum Gasteiger partial charge on any atom is 0.245 e. The van der Waals surface area contributed by atoms with Crippen molar-refractivity contribution in [2.75, 3.05) is 19.6 Å². The molecule has 154 valence electrons. The molecule has 0 aromatic carbocycles. The van der Waals surface area contributed by atoms with Gasteiger partial charge in [0, 0.05) is 25.6 Å². The van der Waals surface area contributed by atoms with Crippen molar-refractivity contribution in [2.24, 2.45) is 34.8 Å². The molecular weight excluding hydrogens is 354 g/mol. The van der Waals surface area contributed by atoms with Gasteiger partial charge in [0.05, 0.1) is 5.41 Å². The molecule has 4 saturated carbocycles. The van der Waals surface area contributed by atoms with Crippen molar-refractivity contribution in [3.63, 3.8) is 0 Å². The van der Waals surface area contributed by atoms with Crippen molar-refractivity contribution in [3.8, 4) is 0 Å². The molecule has 6 aliphatic rings. The highest BCUT2D eigenvalue weighted by atomic mass is 16.2. The number of amides is 3. The van der Waals surface area contributed by atoms with Crippen LogP contribution in [0.25, 0.3) is 0 Å². The molecule has 6 fully saturated rings. The van der Waals surface area contributed by atoms with Gasteiger partial charge in [0.1, 0.15) is 6.04 Å². The average Bonchev–Trinajstić information content (AvgIpc) is 3.15. The molecule has 2 N–H and O–H groups in total. The summed E-state index contributed by atoms with van der Waals surface area (Å²) in [4.78, 5) is 42.2. The molecule has 6 heteroatoms. The second-order valence-electron chi connectivity index (χ2n) is 10.4. The number of nitrogens with two attached hydrogens (primary N) is 1. The number of likely N-dealkylation sites (tertiary alicyclic amines) is 2. The van der Waals surface area contributed by atoms with Gasteiger partial charge in [-0.2, -0.15) is 0 Å². The Bertz CT molecular complexity index is 647. The van der Waals surface area contributed by atoms with Crippen LogP contribution in [0, 0.1) is 29.1 Å². The Kier molecular flexibility index (Phi) is 4.44. The Balaban J connectivity index is 1.29. The van der Waals surface area contributed by atoms with Crippen LogP contribution in [0.2, 0.25) is 0 Å². The SMILES string of the molecule is NC(=O)C1CCN(C(=O)[C@@H]2CCCN2C(=O)C23CC4CC(CC(C4)C2)C3)CC1. The second kappa shape index (κ2) is 6.74. The maximum atomic E-state index is 13.7. The van der Waals surface area contributed by atoms with Crippen LogP contribution in [0.15, 0.2) is 0 Å². The topological polar surface area (TPSA) is 83.7 Å². The minimum atomic E-state index is -0.286. The van der Waals surface area contributed by atoms with E-state index in [2.05, 4.69) is 0 Å². The average molecular weight is 388 g/mol. The summed E-state index contributed by atoms with van der Waals surface area (Å²) < 4.78 is 0. The van der Waals surface area contributed by atoms with Crippen LogP contribution in [0.1, 0.15) is 64.2 Å². The number of hydrogen-bond acceptors (Lipinski definition) is 3. The first kappa shape index (κ1) is 18.4. The van der Waals surface area contributed by atoms with Gasteiger partial charge in [-0.25, -0.2) is 0 Å². The minimum absolute atomic E-state index is 0.0958. The van der Waals surface area contributed by atoms with Crippen molar-refractivity contribution < 1.29 is 14.4 Å². The molecule has 4 aliphatic carbocycles. The number of nitrogens with zero attached hydrogens (tertiary/aromatic N) is 2. The van der Waals surface area contributed by atoms with Gasteiger partial charge in [-0.05, 0) is 82.0 Å². The normalized spacial score (nSPS) is 40.1. The largest absolute Gasteiger partial charge is 0.369 e. The van der Waals surface area contributed by atoms with Gasteiger partial charge < -0.3 is 15.5 Å². The van der Waals surface area contributed by atoms with Gasteiger partial charge in [-0.15, -0.1) is 0 Å². The summed E-state index contributed by atoms with van der Waals surface area (Å²) in [6.07, 6.45) is 10.1. The lowest BCUT2D eigenvalue weighted by Crippen LogP contribution is -2.58. The van der Waals surface area contributed by atoms with Crippen LogP contribution >= 0.6 is 0 Å². The fraction of sp³-hybridized carbons (Fsp3) is 0.864. The lowest BCUT2D eigenvalue weighted by molar-refractivity contribution is -0.162. The molecule has 0 unspecified atom stereocenters. The van der Waals surface area contributed by atoms with Crippen molar-refractivity contribution in [1.29, 1.82) is 0 Å². The number of primary amides is 1. The van der Waals surface area contributed by atoms with Gasteiger partial charge in [0.25, 0.3) is 0 Å². The fourth-order valence-corrected chi connectivity index (χ4v) is 7.54. The molecule has 28 heavy (non-hydrogen) atoms. The monoisotopic (exact) mass is 387 g/mol. The smallest absolute Gasteiger partial charge is 0.245 e. The molecule has 2 saturated heterocycles. The summed E-state index contributed by atoms with van der Waals surface area (Å²) in [5.74, 6) is 2.22. The Labute approximate surface area is 167 Å². The molecule has 6 rings (SSSR count). The van der Waals surface area contributed by atoms with Crippen LogP contribution in [0.3, 0.4) is 0 Å². The standard InChI is InChI=1S/C22H33N3O3/c23-19(26)17-3-6-24(7-4-17)20(27)18-2-1-5-25(18)21(28)22-11-14-8-15(12-22)10-16(9-14)13-22/h14-18H,1-13H2,(H2,23,26)/t14?,15?,16?,18-,22?/m0/s1. The minimum Gasteiger partial charge on any atom is -0.369 e. The lowest BCUT2D eigenvalue weighted by atomic mass is 9.49. The highest BCUT2D eigenvalue weighted by Crippen LogP contribution is 2.60. The van der Waals surface area contributed by atoms with Crippen LogP contribution in [0.5, 0.6) is 0 Å². The third-order valence-corrected chi connectivity index (χ3v) is 8.50. The van der Waals surface area contributed by atoms with E-state index in [0.29, 0.717) is 25.9 Å².